The zero-order chi connectivity index (χ0) is 21.0. The number of nitrogens with two attached hydrogens (primary N) is 1. The van der Waals surface area contributed by atoms with Gasteiger partial charge in [0.25, 0.3) is 5.91 Å². The first-order valence-corrected chi connectivity index (χ1v) is 10.4. The molecule has 3 aliphatic rings. The zero-order valence-corrected chi connectivity index (χ0v) is 17.6. The highest BCUT2D eigenvalue weighted by Crippen LogP contribution is 2.54. The van der Waals surface area contributed by atoms with E-state index in [0.29, 0.717) is 10.8 Å². The van der Waals surface area contributed by atoms with Crippen LogP contribution in [0.1, 0.15) is 24.8 Å². The Bertz CT molecular complexity index is 1060. The van der Waals surface area contributed by atoms with Crippen LogP contribution in [-0.4, -0.2) is 48.1 Å². The molecule has 1 amide bonds. The number of ether oxygens (including phenoxy) is 2. The fourth-order valence-electron chi connectivity index (χ4n) is 5.04. The number of hydrogen-bond donors (Lipinski definition) is 1. The number of pyridine rings is 1. The average molecular weight is 427 g/mol. The van der Waals surface area contributed by atoms with Gasteiger partial charge in [-0.25, -0.2) is 4.99 Å². The Balaban J connectivity index is 1.69. The molecule has 2 aliphatic heterocycles. The molecule has 156 valence electrons. The normalized spacial score (nSPS) is 30.0. The molecule has 8 heteroatoms. The summed E-state index contributed by atoms with van der Waals surface area (Å²) in [6, 6.07) is 7.67. The first-order chi connectivity index (χ1) is 14.4. The number of amides is 1. The van der Waals surface area contributed by atoms with E-state index in [4.69, 9.17) is 31.8 Å². The second-order valence-corrected chi connectivity index (χ2v) is 8.57. The SMILES string of the molecule is COC1CCC2C(C1)Oc1ccc(-c3cncc(Cl)c3)cc1C21N=C(N)N(C)C1=O. The third kappa shape index (κ3) is 2.72. The van der Waals surface area contributed by atoms with Gasteiger partial charge in [-0.1, -0.05) is 17.7 Å². The Kier molecular flexibility index (Phi) is 4.48. The summed E-state index contributed by atoms with van der Waals surface area (Å²) < 4.78 is 12.0. The Labute approximate surface area is 179 Å². The number of benzene rings is 1. The van der Waals surface area contributed by atoms with Crippen LogP contribution in [0.5, 0.6) is 5.75 Å². The maximum Gasteiger partial charge on any atom is 0.262 e. The monoisotopic (exact) mass is 426 g/mol. The van der Waals surface area contributed by atoms with Crippen molar-refractivity contribution in [3.63, 3.8) is 0 Å². The van der Waals surface area contributed by atoms with Crippen molar-refractivity contribution in [2.45, 2.75) is 37.0 Å². The van der Waals surface area contributed by atoms with Gasteiger partial charge in [-0.3, -0.25) is 14.7 Å². The van der Waals surface area contributed by atoms with Crippen molar-refractivity contribution < 1.29 is 14.3 Å². The molecule has 1 aromatic heterocycles. The highest BCUT2D eigenvalue weighted by atomic mass is 35.5. The maximum absolute atomic E-state index is 13.6. The van der Waals surface area contributed by atoms with Crippen LogP contribution < -0.4 is 10.5 Å². The number of fused-ring (bicyclic) bond motifs is 4. The van der Waals surface area contributed by atoms with Crippen LogP contribution >= 0.6 is 11.6 Å². The highest BCUT2D eigenvalue weighted by Gasteiger charge is 2.60. The quantitative estimate of drug-likeness (QED) is 0.797. The van der Waals surface area contributed by atoms with E-state index in [-0.39, 0.29) is 30.0 Å². The lowest BCUT2D eigenvalue weighted by molar-refractivity contribution is -0.138. The van der Waals surface area contributed by atoms with Crippen molar-refractivity contribution in [2.24, 2.45) is 16.6 Å². The Morgan fingerprint density at radius 2 is 2.10 bits per heavy atom. The molecule has 2 N–H and O–H groups in total. The second-order valence-electron chi connectivity index (χ2n) is 8.14. The number of aliphatic imine (C=N–C) groups is 1. The Morgan fingerprint density at radius 1 is 1.27 bits per heavy atom. The minimum absolute atomic E-state index is 0.109. The molecule has 5 rings (SSSR count). The Hall–Kier alpha value is -2.64. The summed E-state index contributed by atoms with van der Waals surface area (Å²) in [4.78, 5) is 24.0. The molecular weight excluding hydrogens is 404 g/mol. The highest BCUT2D eigenvalue weighted by molar-refractivity contribution is 6.30. The van der Waals surface area contributed by atoms with E-state index in [0.717, 1.165) is 36.0 Å². The number of nitrogens with zero attached hydrogens (tertiary/aromatic N) is 3. The number of halogens is 1. The van der Waals surface area contributed by atoms with E-state index in [2.05, 4.69) is 4.98 Å². The third-order valence-corrected chi connectivity index (χ3v) is 6.79. The van der Waals surface area contributed by atoms with Crippen molar-refractivity contribution in [3.05, 3.63) is 47.2 Å². The third-order valence-electron chi connectivity index (χ3n) is 6.59. The van der Waals surface area contributed by atoms with Crippen molar-refractivity contribution in [2.75, 3.05) is 14.2 Å². The van der Waals surface area contributed by atoms with Crippen molar-refractivity contribution >= 4 is 23.5 Å². The van der Waals surface area contributed by atoms with Gasteiger partial charge in [0.1, 0.15) is 11.9 Å². The fourth-order valence-corrected chi connectivity index (χ4v) is 5.21. The molecule has 4 unspecified atom stereocenters. The molecule has 1 spiro atoms. The summed E-state index contributed by atoms with van der Waals surface area (Å²) in [6.45, 7) is 0. The summed E-state index contributed by atoms with van der Waals surface area (Å²) in [6.07, 6.45) is 5.61. The van der Waals surface area contributed by atoms with Crippen LogP contribution in [0.25, 0.3) is 11.1 Å². The van der Waals surface area contributed by atoms with Crippen LogP contribution in [0.3, 0.4) is 0 Å². The molecule has 1 aromatic carbocycles. The van der Waals surface area contributed by atoms with Crippen LogP contribution in [0.15, 0.2) is 41.7 Å². The summed E-state index contributed by atoms with van der Waals surface area (Å²) in [7, 11) is 3.39. The second kappa shape index (κ2) is 6.96. The molecule has 0 radical (unpaired) electrons. The lowest BCUT2D eigenvalue weighted by atomic mass is 9.66. The molecule has 1 aliphatic carbocycles. The van der Waals surface area contributed by atoms with Crippen LogP contribution in [0.2, 0.25) is 5.02 Å². The summed E-state index contributed by atoms with van der Waals surface area (Å²) in [5, 5.41) is 0.549. The van der Waals surface area contributed by atoms with Gasteiger partial charge >= 0.3 is 0 Å². The molecule has 1 saturated carbocycles. The molecule has 30 heavy (non-hydrogen) atoms. The lowest BCUT2D eigenvalue weighted by Gasteiger charge is -2.47. The van der Waals surface area contributed by atoms with Gasteiger partial charge in [-0.2, -0.15) is 0 Å². The Morgan fingerprint density at radius 3 is 2.80 bits per heavy atom. The summed E-state index contributed by atoms with van der Waals surface area (Å²) in [5.74, 6) is 0.666. The van der Waals surface area contributed by atoms with Crippen molar-refractivity contribution in [3.8, 4) is 16.9 Å². The van der Waals surface area contributed by atoms with Crippen LogP contribution in [0.4, 0.5) is 0 Å². The predicted octanol–water partition coefficient (Wildman–Crippen LogP) is 2.96. The standard InChI is InChI=1S/C22H23ClN4O3/c1-27-20(28)22(26-21(27)24)16-5-4-15(29-2)9-19(16)30-18-6-3-12(8-17(18)22)13-7-14(23)11-25-10-13/h3,6-8,10-11,15-16,19H,4-5,9H2,1-2H3,(H2,24,26). The summed E-state index contributed by atoms with van der Waals surface area (Å²) in [5.41, 5.74) is 7.55. The number of rotatable bonds is 2. The fraction of sp³-hybridized carbons (Fsp3) is 0.409. The minimum Gasteiger partial charge on any atom is -0.490 e. The number of aromatic nitrogens is 1. The number of hydrogen-bond acceptors (Lipinski definition) is 6. The first-order valence-electron chi connectivity index (χ1n) is 10.0. The number of carbonyl (C=O) groups is 1. The lowest BCUT2D eigenvalue weighted by Crippen LogP contribution is -2.55. The van der Waals surface area contributed by atoms with Crippen LogP contribution in [-0.2, 0) is 15.1 Å². The minimum atomic E-state index is -1.09. The van der Waals surface area contributed by atoms with Gasteiger partial charge < -0.3 is 15.2 Å². The van der Waals surface area contributed by atoms with Gasteiger partial charge in [0, 0.05) is 50.0 Å². The van der Waals surface area contributed by atoms with Gasteiger partial charge in [0.15, 0.2) is 11.5 Å². The van der Waals surface area contributed by atoms with Crippen LogP contribution in [0, 0.1) is 5.92 Å². The largest absolute Gasteiger partial charge is 0.490 e. The first kappa shape index (κ1) is 19.3. The van der Waals surface area contributed by atoms with E-state index in [1.807, 2.05) is 24.3 Å². The molecular formula is C22H23ClN4O3. The number of guanidine groups is 1. The van der Waals surface area contributed by atoms with E-state index >= 15 is 0 Å². The molecule has 3 heterocycles. The van der Waals surface area contributed by atoms with Gasteiger partial charge in [-0.15, -0.1) is 0 Å². The molecule has 0 bridgehead atoms. The predicted molar refractivity (Wildman–Crippen MR) is 113 cm³/mol. The topological polar surface area (TPSA) is 90.0 Å². The average Bonchev–Trinajstić information content (AvgIpc) is 2.98. The molecule has 0 saturated heterocycles. The smallest absolute Gasteiger partial charge is 0.262 e. The number of carbonyl (C=O) groups excluding carboxylic acids is 1. The van der Waals surface area contributed by atoms with E-state index in [1.165, 1.54) is 4.90 Å². The van der Waals surface area contributed by atoms with Gasteiger partial charge in [-0.05, 0) is 36.6 Å². The molecule has 1 fully saturated rings. The van der Waals surface area contributed by atoms with E-state index in [1.54, 1.807) is 26.6 Å². The number of likely N-dealkylation sites (N-methyl/N-ethyl adjacent to an activating group) is 1. The molecule has 4 atom stereocenters. The van der Waals surface area contributed by atoms with Gasteiger partial charge in [0.2, 0.25) is 0 Å². The zero-order valence-electron chi connectivity index (χ0n) is 16.8. The van der Waals surface area contributed by atoms with Crippen molar-refractivity contribution in [1.82, 2.24) is 9.88 Å². The van der Waals surface area contributed by atoms with Crippen molar-refractivity contribution in [1.29, 1.82) is 0 Å². The van der Waals surface area contributed by atoms with E-state index in [9.17, 15) is 4.79 Å². The molecule has 7 nitrogen and oxygen atoms in total. The number of methoxy groups -OCH3 is 1. The molecule has 2 aromatic rings. The van der Waals surface area contributed by atoms with E-state index < -0.39 is 5.54 Å². The summed E-state index contributed by atoms with van der Waals surface area (Å²) >= 11 is 6.14. The van der Waals surface area contributed by atoms with Gasteiger partial charge in [0.05, 0.1) is 11.1 Å². The maximum atomic E-state index is 13.6.